The van der Waals surface area contributed by atoms with Crippen LogP contribution in [0.1, 0.15) is 42.6 Å². The Labute approximate surface area is 170 Å². The Morgan fingerprint density at radius 1 is 0.931 bits per heavy atom. The fourth-order valence-electron chi connectivity index (χ4n) is 4.36. The molecule has 0 saturated carbocycles. The summed E-state index contributed by atoms with van der Waals surface area (Å²) in [4.78, 5) is 17.1. The van der Waals surface area contributed by atoms with Crippen molar-refractivity contribution < 1.29 is 4.79 Å². The van der Waals surface area contributed by atoms with Gasteiger partial charge in [0.25, 0.3) is 0 Å². The van der Waals surface area contributed by atoms with Crippen molar-refractivity contribution >= 4 is 17.4 Å². The molecule has 0 atom stereocenters. The lowest BCUT2D eigenvalue weighted by Crippen LogP contribution is -2.36. The summed E-state index contributed by atoms with van der Waals surface area (Å²) in [5.74, 6) is 1.89. The van der Waals surface area contributed by atoms with E-state index in [0.717, 1.165) is 43.3 Å². The minimum atomic E-state index is 0.170. The first kappa shape index (κ1) is 18.1. The Hall–Kier alpha value is -2.96. The van der Waals surface area contributed by atoms with Gasteiger partial charge in [0.15, 0.2) is 11.5 Å². The molecule has 150 valence electrons. The van der Waals surface area contributed by atoms with Crippen LogP contribution in [-0.4, -0.2) is 50.3 Å². The van der Waals surface area contributed by atoms with Crippen LogP contribution in [0.4, 0.5) is 5.82 Å². The summed E-state index contributed by atoms with van der Waals surface area (Å²) in [7, 11) is 0. The summed E-state index contributed by atoms with van der Waals surface area (Å²) >= 11 is 0. The number of carbonyl (C=O) groups excluding carboxylic acids is 1. The van der Waals surface area contributed by atoms with Gasteiger partial charge in [0.1, 0.15) is 5.82 Å². The number of amides is 1. The maximum atomic E-state index is 12.8. The van der Waals surface area contributed by atoms with Crippen molar-refractivity contribution in [1.29, 1.82) is 0 Å². The van der Waals surface area contributed by atoms with Gasteiger partial charge in [-0.25, -0.2) is 0 Å². The van der Waals surface area contributed by atoms with E-state index in [2.05, 4.69) is 33.3 Å². The quantitative estimate of drug-likeness (QED) is 0.685. The van der Waals surface area contributed by atoms with Gasteiger partial charge in [-0.05, 0) is 48.9 Å². The van der Waals surface area contributed by atoms with E-state index in [1.165, 1.54) is 30.4 Å². The minimum Gasteiger partial charge on any atom is -0.355 e. The molecule has 0 N–H and O–H groups in total. The molecule has 5 rings (SSSR count). The van der Waals surface area contributed by atoms with E-state index in [9.17, 15) is 4.79 Å². The number of anilines is 1. The average molecular weight is 390 g/mol. The number of aryl methyl sites for hydroxylation is 1. The molecule has 1 fully saturated rings. The van der Waals surface area contributed by atoms with E-state index < -0.39 is 0 Å². The van der Waals surface area contributed by atoms with Crippen LogP contribution < -0.4 is 4.90 Å². The number of fused-ring (bicyclic) bond motifs is 2. The van der Waals surface area contributed by atoms with Crippen LogP contribution in [0.3, 0.4) is 0 Å². The largest absolute Gasteiger partial charge is 0.355 e. The molecule has 7 heteroatoms. The standard InChI is InChI=1S/C22H26N6O/c29-22(27-15-12-17-6-2-3-7-18(17)16-27)11-10-20-24-23-19-8-9-21(25-28(19)20)26-13-4-1-5-14-26/h2-3,6-9H,1,4-5,10-16H2. The molecule has 2 aromatic heterocycles. The summed E-state index contributed by atoms with van der Waals surface area (Å²) in [5.41, 5.74) is 3.35. The number of aromatic nitrogens is 4. The van der Waals surface area contributed by atoms with E-state index in [1.54, 1.807) is 0 Å². The van der Waals surface area contributed by atoms with Crippen molar-refractivity contribution in [2.24, 2.45) is 0 Å². The molecular formula is C22H26N6O. The predicted octanol–water partition coefficient (Wildman–Crippen LogP) is 2.63. The zero-order valence-corrected chi connectivity index (χ0v) is 16.6. The summed E-state index contributed by atoms with van der Waals surface area (Å²) in [5, 5.41) is 13.3. The van der Waals surface area contributed by atoms with Crippen LogP contribution in [0, 0.1) is 0 Å². The summed E-state index contributed by atoms with van der Waals surface area (Å²) in [6.07, 6.45) is 5.62. The molecule has 7 nitrogen and oxygen atoms in total. The lowest BCUT2D eigenvalue weighted by Gasteiger charge is -2.29. The number of hydrogen-bond acceptors (Lipinski definition) is 5. The van der Waals surface area contributed by atoms with Crippen molar-refractivity contribution in [2.75, 3.05) is 24.5 Å². The number of benzene rings is 1. The maximum Gasteiger partial charge on any atom is 0.223 e. The van der Waals surface area contributed by atoms with Crippen molar-refractivity contribution in [3.63, 3.8) is 0 Å². The first-order valence-corrected chi connectivity index (χ1v) is 10.6. The maximum absolute atomic E-state index is 12.8. The molecule has 0 aliphatic carbocycles. The molecule has 0 spiro atoms. The molecule has 1 aromatic carbocycles. The van der Waals surface area contributed by atoms with Gasteiger partial charge in [-0.3, -0.25) is 4.79 Å². The van der Waals surface area contributed by atoms with Gasteiger partial charge in [-0.15, -0.1) is 15.3 Å². The highest BCUT2D eigenvalue weighted by Gasteiger charge is 2.21. The number of nitrogens with zero attached hydrogens (tertiary/aromatic N) is 6. The summed E-state index contributed by atoms with van der Waals surface area (Å²) in [6, 6.07) is 12.4. The molecule has 0 bridgehead atoms. The molecule has 2 aliphatic heterocycles. The topological polar surface area (TPSA) is 66.6 Å². The zero-order valence-electron chi connectivity index (χ0n) is 16.6. The van der Waals surface area contributed by atoms with Crippen LogP contribution in [0.5, 0.6) is 0 Å². The van der Waals surface area contributed by atoms with Crippen molar-refractivity contribution in [3.05, 3.63) is 53.3 Å². The van der Waals surface area contributed by atoms with Crippen LogP contribution in [0.15, 0.2) is 36.4 Å². The number of rotatable bonds is 4. The highest BCUT2D eigenvalue weighted by molar-refractivity contribution is 5.76. The van der Waals surface area contributed by atoms with Gasteiger partial charge in [-0.2, -0.15) is 4.52 Å². The van der Waals surface area contributed by atoms with Crippen LogP contribution in [-0.2, 0) is 24.2 Å². The molecule has 4 heterocycles. The second kappa shape index (κ2) is 7.81. The van der Waals surface area contributed by atoms with E-state index in [-0.39, 0.29) is 5.91 Å². The molecule has 1 saturated heterocycles. The summed E-state index contributed by atoms with van der Waals surface area (Å²) < 4.78 is 1.81. The van der Waals surface area contributed by atoms with E-state index in [1.807, 2.05) is 27.6 Å². The lowest BCUT2D eigenvalue weighted by molar-refractivity contribution is -0.132. The molecule has 1 amide bonds. The van der Waals surface area contributed by atoms with Gasteiger partial charge < -0.3 is 9.80 Å². The Bertz CT molecular complexity index is 1020. The van der Waals surface area contributed by atoms with Crippen LogP contribution in [0.25, 0.3) is 5.65 Å². The van der Waals surface area contributed by atoms with Gasteiger partial charge in [-0.1, -0.05) is 24.3 Å². The Morgan fingerprint density at radius 3 is 2.62 bits per heavy atom. The molecule has 0 unspecified atom stereocenters. The third-order valence-electron chi connectivity index (χ3n) is 6.04. The Morgan fingerprint density at radius 2 is 1.76 bits per heavy atom. The van der Waals surface area contributed by atoms with E-state index in [0.29, 0.717) is 19.4 Å². The minimum absolute atomic E-state index is 0.170. The third-order valence-corrected chi connectivity index (χ3v) is 6.04. The van der Waals surface area contributed by atoms with Crippen LogP contribution >= 0.6 is 0 Å². The fourth-order valence-corrected chi connectivity index (χ4v) is 4.36. The smallest absolute Gasteiger partial charge is 0.223 e. The van der Waals surface area contributed by atoms with Crippen LogP contribution in [0.2, 0.25) is 0 Å². The van der Waals surface area contributed by atoms with Crippen molar-refractivity contribution in [2.45, 2.75) is 45.1 Å². The second-order valence-electron chi connectivity index (χ2n) is 7.96. The molecule has 0 radical (unpaired) electrons. The first-order chi connectivity index (χ1) is 14.3. The van der Waals surface area contributed by atoms with Gasteiger partial charge in [0.05, 0.1) is 0 Å². The number of piperidine rings is 1. The highest BCUT2D eigenvalue weighted by Crippen LogP contribution is 2.20. The second-order valence-corrected chi connectivity index (χ2v) is 7.96. The Kier molecular flexibility index (Phi) is 4.87. The predicted molar refractivity (Wildman–Crippen MR) is 111 cm³/mol. The van der Waals surface area contributed by atoms with E-state index >= 15 is 0 Å². The third kappa shape index (κ3) is 3.69. The number of carbonyl (C=O) groups is 1. The lowest BCUT2D eigenvalue weighted by atomic mass is 9.99. The molecular weight excluding hydrogens is 364 g/mol. The Balaban J connectivity index is 1.27. The monoisotopic (exact) mass is 390 g/mol. The molecule has 29 heavy (non-hydrogen) atoms. The molecule has 3 aromatic rings. The van der Waals surface area contributed by atoms with Gasteiger partial charge >= 0.3 is 0 Å². The SMILES string of the molecule is O=C(CCc1nnc2ccc(N3CCCCC3)nn12)N1CCc2ccccc2C1. The molecule has 2 aliphatic rings. The van der Waals surface area contributed by atoms with Crippen molar-refractivity contribution in [1.82, 2.24) is 24.7 Å². The zero-order chi connectivity index (χ0) is 19.6. The van der Waals surface area contributed by atoms with Gasteiger partial charge in [0.2, 0.25) is 5.91 Å². The van der Waals surface area contributed by atoms with E-state index in [4.69, 9.17) is 5.10 Å². The fraction of sp³-hybridized carbons (Fsp3) is 0.455. The number of hydrogen-bond donors (Lipinski definition) is 0. The van der Waals surface area contributed by atoms with Crippen molar-refractivity contribution in [3.8, 4) is 0 Å². The highest BCUT2D eigenvalue weighted by atomic mass is 16.2. The van der Waals surface area contributed by atoms with Gasteiger partial charge in [0, 0.05) is 39.0 Å². The normalized spacial score (nSPS) is 16.8. The first-order valence-electron chi connectivity index (χ1n) is 10.6. The summed E-state index contributed by atoms with van der Waals surface area (Å²) in [6.45, 7) is 3.58. The average Bonchev–Trinajstić information content (AvgIpc) is 3.20.